The number of Topliss-reactive ketones (excluding diaryl/α,β-unsaturated/α-hetero) is 1. The highest BCUT2D eigenvalue weighted by Gasteiger charge is 2.11. The highest BCUT2D eigenvalue weighted by molar-refractivity contribution is 7.09. The van der Waals surface area contributed by atoms with Gasteiger partial charge in [0.1, 0.15) is 5.01 Å². The zero-order chi connectivity index (χ0) is 10.8. The van der Waals surface area contributed by atoms with Gasteiger partial charge in [-0.1, -0.05) is 5.16 Å². The van der Waals surface area contributed by atoms with E-state index in [9.17, 15) is 4.79 Å². The fourth-order valence-corrected chi connectivity index (χ4v) is 1.86. The smallest absolute Gasteiger partial charge is 0.293 e. The molecule has 2 rings (SSSR count). The maximum Gasteiger partial charge on any atom is 0.293 e. The normalized spacial score (nSPS) is 10.5. The lowest BCUT2D eigenvalue weighted by Gasteiger charge is -1.86. The number of aromatic nitrogens is 3. The van der Waals surface area contributed by atoms with Crippen molar-refractivity contribution < 1.29 is 9.32 Å². The van der Waals surface area contributed by atoms with Crippen LogP contribution in [0, 0.1) is 6.92 Å². The first-order valence-corrected chi connectivity index (χ1v) is 5.27. The van der Waals surface area contributed by atoms with Gasteiger partial charge in [-0.15, -0.1) is 11.3 Å². The van der Waals surface area contributed by atoms with Crippen molar-refractivity contribution >= 4 is 17.1 Å². The molecule has 0 spiro atoms. The van der Waals surface area contributed by atoms with Crippen molar-refractivity contribution in [2.24, 2.45) is 0 Å². The number of rotatable bonds is 3. The van der Waals surface area contributed by atoms with E-state index in [4.69, 9.17) is 4.52 Å². The zero-order valence-corrected chi connectivity index (χ0v) is 9.17. The Kier molecular flexibility index (Phi) is 2.59. The number of aryl methyl sites for hydroxylation is 1. The summed E-state index contributed by atoms with van der Waals surface area (Å²) < 4.78 is 4.77. The van der Waals surface area contributed by atoms with E-state index in [1.54, 1.807) is 11.3 Å². The van der Waals surface area contributed by atoms with Crippen LogP contribution in [0.25, 0.3) is 0 Å². The molecule has 0 aromatic carbocycles. The Labute approximate surface area is 90.2 Å². The number of carbonyl (C=O) groups excluding carboxylic acids is 1. The van der Waals surface area contributed by atoms with Gasteiger partial charge in [0.2, 0.25) is 5.78 Å². The molecule has 0 amide bonds. The lowest BCUT2D eigenvalue weighted by atomic mass is 10.4. The first-order chi connectivity index (χ1) is 7.15. The molecule has 0 saturated carbocycles. The van der Waals surface area contributed by atoms with Crippen LogP contribution < -0.4 is 0 Å². The van der Waals surface area contributed by atoms with Gasteiger partial charge in [-0.2, -0.15) is 4.98 Å². The standard InChI is InChI=1S/C9H9N3O2S/c1-5-4-15-8(10-5)3-7-11-9(6(2)13)14-12-7/h4H,3H2,1-2H3. The van der Waals surface area contributed by atoms with Gasteiger partial charge in [-0.3, -0.25) is 4.79 Å². The maximum atomic E-state index is 10.9. The Bertz CT molecular complexity index is 489. The van der Waals surface area contributed by atoms with Crippen molar-refractivity contribution in [3.63, 3.8) is 0 Å². The number of hydrogen-bond acceptors (Lipinski definition) is 6. The van der Waals surface area contributed by atoms with Gasteiger partial charge in [0, 0.05) is 18.0 Å². The van der Waals surface area contributed by atoms with Gasteiger partial charge < -0.3 is 4.52 Å². The van der Waals surface area contributed by atoms with Crippen molar-refractivity contribution in [3.8, 4) is 0 Å². The summed E-state index contributed by atoms with van der Waals surface area (Å²) in [6.45, 7) is 3.32. The molecule has 2 heterocycles. The molecule has 0 aliphatic heterocycles. The van der Waals surface area contributed by atoms with Gasteiger partial charge in [0.05, 0.1) is 6.42 Å². The molecule has 5 nitrogen and oxygen atoms in total. The quantitative estimate of drug-likeness (QED) is 0.740. The Hall–Kier alpha value is -1.56. The maximum absolute atomic E-state index is 10.9. The molecule has 0 unspecified atom stereocenters. The van der Waals surface area contributed by atoms with Crippen LogP contribution in [0.4, 0.5) is 0 Å². The zero-order valence-electron chi connectivity index (χ0n) is 8.35. The van der Waals surface area contributed by atoms with Gasteiger partial charge in [-0.25, -0.2) is 4.98 Å². The summed E-state index contributed by atoms with van der Waals surface area (Å²) in [5, 5.41) is 6.58. The van der Waals surface area contributed by atoms with Crippen molar-refractivity contribution in [3.05, 3.63) is 27.8 Å². The van der Waals surface area contributed by atoms with Crippen molar-refractivity contribution in [1.29, 1.82) is 0 Å². The van der Waals surface area contributed by atoms with Crippen LogP contribution in [0.2, 0.25) is 0 Å². The van der Waals surface area contributed by atoms with Crippen LogP contribution in [0.15, 0.2) is 9.90 Å². The van der Waals surface area contributed by atoms with Gasteiger partial charge in [-0.05, 0) is 6.92 Å². The van der Waals surface area contributed by atoms with E-state index >= 15 is 0 Å². The number of ketones is 1. The van der Waals surface area contributed by atoms with Crippen LogP contribution >= 0.6 is 11.3 Å². The average molecular weight is 223 g/mol. The molecular weight excluding hydrogens is 214 g/mol. The molecule has 0 saturated heterocycles. The van der Waals surface area contributed by atoms with Crippen LogP contribution in [-0.2, 0) is 6.42 Å². The van der Waals surface area contributed by atoms with Crippen molar-refractivity contribution in [2.75, 3.05) is 0 Å². The lowest BCUT2D eigenvalue weighted by molar-refractivity contribution is 0.0972. The Balaban J connectivity index is 2.14. The third kappa shape index (κ3) is 2.27. The first kappa shape index (κ1) is 9.97. The highest BCUT2D eigenvalue weighted by atomic mass is 32.1. The van der Waals surface area contributed by atoms with Gasteiger partial charge in [0.25, 0.3) is 5.89 Å². The molecule has 0 fully saturated rings. The van der Waals surface area contributed by atoms with Crippen LogP contribution in [0.1, 0.15) is 34.1 Å². The first-order valence-electron chi connectivity index (χ1n) is 4.39. The molecule has 0 bridgehead atoms. The van der Waals surface area contributed by atoms with E-state index in [0.717, 1.165) is 10.7 Å². The summed E-state index contributed by atoms with van der Waals surface area (Å²) in [6, 6.07) is 0. The third-order valence-electron chi connectivity index (χ3n) is 1.75. The van der Waals surface area contributed by atoms with Crippen LogP contribution in [-0.4, -0.2) is 20.9 Å². The monoisotopic (exact) mass is 223 g/mol. The molecular formula is C9H9N3O2S. The minimum atomic E-state index is -0.218. The second-order valence-electron chi connectivity index (χ2n) is 3.13. The van der Waals surface area contributed by atoms with E-state index in [0.29, 0.717) is 12.2 Å². The summed E-state index contributed by atoms with van der Waals surface area (Å²) in [5.74, 6) is 0.330. The summed E-state index contributed by atoms with van der Waals surface area (Å²) in [7, 11) is 0. The SMILES string of the molecule is CC(=O)c1nc(Cc2nc(C)cs2)no1. The Morgan fingerprint density at radius 1 is 1.53 bits per heavy atom. The Morgan fingerprint density at radius 2 is 2.33 bits per heavy atom. The van der Waals surface area contributed by atoms with Crippen molar-refractivity contribution in [1.82, 2.24) is 15.1 Å². The topological polar surface area (TPSA) is 68.9 Å². The second kappa shape index (κ2) is 3.90. The minimum Gasteiger partial charge on any atom is -0.331 e. The number of hydrogen-bond donors (Lipinski definition) is 0. The van der Waals surface area contributed by atoms with E-state index < -0.39 is 0 Å². The fourth-order valence-electron chi connectivity index (χ4n) is 1.09. The predicted octanol–water partition coefficient (Wildman–Crippen LogP) is 1.63. The van der Waals surface area contributed by atoms with E-state index in [1.165, 1.54) is 6.92 Å². The van der Waals surface area contributed by atoms with Crippen molar-refractivity contribution in [2.45, 2.75) is 20.3 Å². The summed E-state index contributed by atoms with van der Waals surface area (Å²) in [4.78, 5) is 19.1. The van der Waals surface area contributed by atoms with Crippen LogP contribution in [0.3, 0.4) is 0 Å². The van der Waals surface area contributed by atoms with Gasteiger partial charge >= 0.3 is 0 Å². The molecule has 2 aromatic heterocycles. The summed E-state index contributed by atoms with van der Waals surface area (Å²) in [5.41, 5.74) is 0.977. The summed E-state index contributed by atoms with van der Waals surface area (Å²) >= 11 is 1.54. The highest BCUT2D eigenvalue weighted by Crippen LogP contribution is 2.12. The number of carbonyl (C=O) groups is 1. The Morgan fingerprint density at radius 3 is 2.87 bits per heavy atom. The van der Waals surface area contributed by atoms with E-state index in [2.05, 4.69) is 15.1 Å². The second-order valence-corrected chi connectivity index (χ2v) is 4.07. The third-order valence-corrected chi connectivity index (χ3v) is 2.71. The molecule has 2 aromatic rings. The minimum absolute atomic E-state index is 0.0540. The molecule has 6 heteroatoms. The van der Waals surface area contributed by atoms with Gasteiger partial charge in [0.15, 0.2) is 5.82 Å². The number of nitrogens with zero attached hydrogens (tertiary/aromatic N) is 3. The fraction of sp³-hybridized carbons (Fsp3) is 0.333. The molecule has 15 heavy (non-hydrogen) atoms. The number of thiazole rings is 1. The molecule has 0 aliphatic rings. The largest absolute Gasteiger partial charge is 0.331 e. The summed E-state index contributed by atoms with van der Waals surface area (Å²) in [6.07, 6.45) is 0.509. The molecule has 78 valence electrons. The molecule has 0 aliphatic carbocycles. The lowest BCUT2D eigenvalue weighted by Crippen LogP contribution is -1.94. The van der Waals surface area contributed by atoms with E-state index in [1.807, 2.05) is 12.3 Å². The van der Waals surface area contributed by atoms with E-state index in [-0.39, 0.29) is 11.7 Å². The molecule has 0 radical (unpaired) electrons. The molecule has 0 N–H and O–H groups in total. The van der Waals surface area contributed by atoms with Crippen LogP contribution in [0.5, 0.6) is 0 Å². The predicted molar refractivity (Wildman–Crippen MR) is 54.0 cm³/mol. The average Bonchev–Trinajstić information content (AvgIpc) is 2.76. The molecule has 0 atom stereocenters.